The SMILES string of the molecule is C[C@@H]1CN(CC2CCN(c3c(N)cccc3F)CC2)C[C@H](C)O1. The summed E-state index contributed by atoms with van der Waals surface area (Å²) in [6.45, 7) is 9.21. The molecule has 128 valence electrons. The molecule has 0 saturated carbocycles. The molecule has 0 bridgehead atoms. The van der Waals surface area contributed by atoms with E-state index < -0.39 is 0 Å². The van der Waals surface area contributed by atoms with Gasteiger partial charge in [0.1, 0.15) is 5.82 Å². The van der Waals surface area contributed by atoms with Crippen LogP contribution in [0.5, 0.6) is 0 Å². The summed E-state index contributed by atoms with van der Waals surface area (Å²) in [5.74, 6) is 0.469. The van der Waals surface area contributed by atoms with Gasteiger partial charge in [0, 0.05) is 32.7 Å². The number of para-hydroxylation sites is 1. The Morgan fingerprint density at radius 2 is 1.83 bits per heavy atom. The molecule has 2 fully saturated rings. The van der Waals surface area contributed by atoms with Crippen molar-refractivity contribution in [2.24, 2.45) is 5.92 Å². The van der Waals surface area contributed by atoms with E-state index in [4.69, 9.17) is 10.5 Å². The molecule has 2 saturated heterocycles. The third kappa shape index (κ3) is 3.96. The van der Waals surface area contributed by atoms with Crippen LogP contribution in [-0.4, -0.2) is 49.8 Å². The van der Waals surface area contributed by atoms with E-state index in [1.54, 1.807) is 12.1 Å². The lowest BCUT2D eigenvalue weighted by Crippen LogP contribution is -2.48. The molecule has 1 aromatic carbocycles. The first-order valence-electron chi connectivity index (χ1n) is 8.69. The maximum absolute atomic E-state index is 14.0. The second-order valence-corrected chi connectivity index (χ2v) is 7.08. The third-order valence-corrected chi connectivity index (χ3v) is 4.96. The van der Waals surface area contributed by atoms with E-state index in [-0.39, 0.29) is 5.82 Å². The second kappa shape index (κ2) is 7.05. The second-order valence-electron chi connectivity index (χ2n) is 7.08. The minimum atomic E-state index is -0.209. The zero-order chi connectivity index (χ0) is 16.4. The zero-order valence-corrected chi connectivity index (χ0v) is 14.2. The Morgan fingerprint density at radius 3 is 2.43 bits per heavy atom. The van der Waals surface area contributed by atoms with Crippen LogP contribution < -0.4 is 10.6 Å². The number of nitrogens with zero attached hydrogens (tertiary/aromatic N) is 2. The minimum Gasteiger partial charge on any atom is -0.397 e. The van der Waals surface area contributed by atoms with Crippen molar-refractivity contribution in [2.45, 2.75) is 38.9 Å². The Bertz CT molecular complexity index is 501. The molecule has 0 aliphatic carbocycles. The molecule has 3 rings (SSSR count). The highest BCUT2D eigenvalue weighted by Gasteiger charge is 2.27. The summed E-state index contributed by atoms with van der Waals surface area (Å²) in [5, 5.41) is 0. The summed E-state index contributed by atoms with van der Waals surface area (Å²) in [7, 11) is 0. The number of nitrogen functional groups attached to an aromatic ring is 1. The minimum absolute atomic E-state index is 0.209. The van der Waals surface area contributed by atoms with Gasteiger partial charge in [-0.3, -0.25) is 4.90 Å². The fourth-order valence-corrected chi connectivity index (χ4v) is 4.00. The first kappa shape index (κ1) is 16.5. The molecule has 0 unspecified atom stereocenters. The highest BCUT2D eigenvalue weighted by molar-refractivity contribution is 5.68. The molecule has 2 N–H and O–H groups in total. The lowest BCUT2D eigenvalue weighted by Gasteiger charge is -2.40. The third-order valence-electron chi connectivity index (χ3n) is 4.96. The van der Waals surface area contributed by atoms with Crippen molar-refractivity contribution in [3.63, 3.8) is 0 Å². The van der Waals surface area contributed by atoms with E-state index in [0.717, 1.165) is 45.6 Å². The van der Waals surface area contributed by atoms with E-state index in [9.17, 15) is 4.39 Å². The number of ether oxygens (including phenoxy) is 1. The van der Waals surface area contributed by atoms with Crippen molar-refractivity contribution in [3.05, 3.63) is 24.0 Å². The molecule has 1 aromatic rings. The fraction of sp³-hybridized carbons (Fsp3) is 0.667. The molecule has 2 aliphatic heterocycles. The van der Waals surface area contributed by atoms with Crippen molar-refractivity contribution in [2.75, 3.05) is 43.4 Å². The summed E-state index contributed by atoms with van der Waals surface area (Å²) in [5.41, 5.74) is 7.09. The van der Waals surface area contributed by atoms with Gasteiger partial charge in [0.15, 0.2) is 0 Å². The van der Waals surface area contributed by atoms with Crippen molar-refractivity contribution in [1.82, 2.24) is 4.90 Å². The van der Waals surface area contributed by atoms with Gasteiger partial charge in [0.25, 0.3) is 0 Å². The zero-order valence-electron chi connectivity index (χ0n) is 14.2. The molecule has 0 amide bonds. The average Bonchev–Trinajstić information content (AvgIpc) is 2.48. The lowest BCUT2D eigenvalue weighted by atomic mass is 9.95. The molecule has 5 heteroatoms. The van der Waals surface area contributed by atoms with Crippen LogP contribution in [0, 0.1) is 11.7 Å². The highest BCUT2D eigenvalue weighted by atomic mass is 19.1. The van der Waals surface area contributed by atoms with E-state index in [0.29, 0.717) is 29.5 Å². The summed E-state index contributed by atoms with van der Waals surface area (Å²) in [6.07, 6.45) is 2.82. The van der Waals surface area contributed by atoms with Gasteiger partial charge in [-0.05, 0) is 44.7 Å². The molecule has 0 spiro atoms. The number of anilines is 2. The molecular formula is C18H28FN3O. The Labute approximate surface area is 138 Å². The number of hydrogen-bond acceptors (Lipinski definition) is 4. The van der Waals surface area contributed by atoms with Gasteiger partial charge in [-0.1, -0.05) is 6.07 Å². The van der Waals surface area contributed by atoms with Gasteiger partial charge < -0.3 is 15.4 Å². The Morgan fingerprint density at radius 1 is 1.17 bits per heavy atom. The van der Waals surface area contributed by atoms with Crippen LogP contribution in [0.15, 0.2) is 18.2 Å². The number of rotatable bonds is 3. The van der Waals surface area contributed by atoms with E-state index >= 15 is 0 Å². The Kier molecular flexibility index (Phi) is 5.07. The Balaban J connectivity index is 1.54. The van der Waals surface area contributed by atoms with Crippen molar-refractivity contribution in [3.8, 4) is 0 Å². The standard InChI is InChI=1S/C18H28FN3O/c1-13-10-21(11-14(2)23-13)12-15-6-8-22(9-7-15)18-16(19)4-3-5-17(18)20/h3-5,13-15H,6-12,20H2,1-2H3/t13-,14+. The predicted octanol–water partition coefficient (Wildman–Crippen LogP) is 2.73. The van der Waals surface area contributed by atoms with Crippen LogP contribution >= 0.6 is 0 Å². The maximum atomic E-state index is 14.0. The number of benzene rings is 1. The van der Waals surface area contributed by atoms with Crippen LogP contribution in [0.4, 0.5) is 15.8 Å². The normalized spacial score (nSPS) is 27.3. The molecule has 2 heterocycles. The van der Waals surface area contributed by atoms with Crippen LogP contribution in [0.2, 0.25) is 0 Å². The predicted molar refractivity (Wildman–Crippen MR) is 92.2 cm³/mol. The van der Waals surface area contributed by atoms with Crippen LogP contribution in [0.25, 0.3) is 0 Å². The van der Waals surface area contributed by atoms with Crippen molar-refractivity contribution >= 4 is 11.4 Å². The van der Waals surface area contributed by atoms with E-state index in [2.05, 4.69) is 23.6 Å². The quantitative estimate of drug-likeness (QED) is 0.869. The number of halogens is 1. The maximum Gasteiger partial charge on any atom is 0.148 e. The number of morpholine rings is 1. The van der Waals surface area contributed by atoms with Gasteiger partial charge in [-0.25, -0.2) is 4.39 Å². The number of nitrogens with two attached hydrogens (primary N) is 1. The molecule has 0 radical (unpaired) electrons. The smallest absolute Gasteiger partial charge is 0.148 e. The molecule has 23 heavy (non-hydrogen) atoms. The molecule has 2 aliphatic rings. The van der Waals surface area contributed by atoms with E-state index in [1.807, 2.05) is 0 Å². The topological polar surface area (TPSA) is 41.7 Å². The Hall–Kier alpha value is -1.33. The summed E-state index contributed by atoms with van der Waals surface area (Å²) in [4.78, 5) is 4.63. The molecule has 0 aromatic heterocycles. The largest absolute Gasteiger partial charge is 0.397 e. The monoisotopic (exact) mass is 321 g/mol. The van der Waals surface area contributed by atoms with Gasteiger partial charge in [0.05, 0.1) is 23.6 Å². The molecular weight excluding hydrogens is 293 g/mol. The van der Waals surface area contributed by atoms with Crippen LogP contribution in [0.3, 0.4) is 0 Å². The average molecular weight is 321 g/mol. The van der Waals surface area contributed by atoms with Gasteiger partial charge in [-0.15, -0.1) is 0 Å². The van der Waals surface area contributed by atoms with Crippen molar-refractivity contribution < 1.29 is 9.13 Å². The summed E-state index contributed by atoms with van der Waals surface area (Å²) < 4.78 is 19.8. The highest BCUT2D eigenvalue weighted by Crippen LogP contribution is 2.31. The first-order valence-corrected chi connectivity index (χ1v) is 8.69. The van der Waals surface area contributed by atoms with E-state index in [1.165, 1.54) is 6.07 Å². The first-order chi connectivity index (χ1) is 11.0. The van der Waals surface area contributed by atoms with Gasteiger partial charge >= 0.3 is 0 Å². The van der Waals surface area contributed by atoms with Gasteiger partial charge in [-0.2, -0.15) is 0 Å². The lowest BCUT2D eigenvalue weighted by molar-refractivity contribution is -0.0720. The summed E-state index contributed by atoms with van der Waals surface area (Å²) in [6, 6.07) is 4.94. The van der Waals surface area contributed by atoms with Crippen molar-refractivity contribution in [1.29, 1.82) is 0 Å². The molecule has 2 atom stereocenters. The number of piperidine rings is 1. The number of hydrogen-bond donors (Lipinski definition) is 1. The fourth-order valence-electron chi connectivity index (χ4n) is 4.00. The van der Waals surface area contributed by atoms with Crippen LogP contribution in [-0.2, 0) is 4.74 Å². The van der Waals surface area contributed by atoms with Crippen LogP contribution in [0.1, 0.15) is 26.7 Å². The molecule has 4 nitrogen and oxygen atoms in total. The van der Waals surface area contributed by atoms with Gasteiger partial charge in [0.2, 0.25) is 0 Å². The summed E-state index contributed by atoms with van der Waals surface area (Å²) >= 11 is 0.